The number of piperidine rings is 1. The van der Waals surface area contributed by atoms with Crippen molar-refractivity contribution in [3.05, 3.63) is 34.9 Å². The van der Waals surface area contributed by atoms with Gasteiger partial charge < -0.3 is 0 Å². The number of hydrogen-bond donors (Lipinski definition) is 0. The van der Waals surface area contributed by atoms with Gasteiger partial charge in [-0.1, -0.05) is 23.7 Å². The van der Waals surface area contributed by atoms with Crippen molar-refractivity contribution >= 4 is 17.8 Å². The predicted molar refractivity (Wildman–Crippen MR) is 73.7 cm³/mol. The minimum atomic E-state index is 0.544. The summed E-state index contributed by atoms with van der Waals surface area (Å²) in [5.74, 6) is 0. The Morgan fingerprint density at radius 3 is 2.35 bits per heavy atom. The number of halogens is 1. The summed E-state index contributed by atoms with van der Waals surface area (Å²) in [6.07, 6.45) is 5.72. The normalized spacial score (nSPS) is 25.5. The molecular weight excluding hydrogens is 232 g/mol. The molecule has 0 spiro atoms. The standard InChI is InChI=1S/C14H19ClN2/c1-11-4-3-5-12(2)17(11)16-10-13-6-8-14(15)9-7-13/h6-12H,3-5H2,1-2H3/b16-10-/t11-,12-/m1/s1. The van der Waals surface area contributed by atoms with Crippen LogP contribution in [0.3, 0.4) is 0 Å². The van der Waals surface area contributed by atoms with E-state index in [-0.39, 0.29) is 0 Å². The van der Waals surface area contributed by atoms with E-state index in [0.717, 1.165) is 10.6 Å². The number of benzene rings is 1. The van der Waals surface area contributed by atoms with Gasteiger partial charge in [-0.25, -0.2) is 0 Å². The first-order valence-electron chi connectivity index (χ1n) is 6.24. The van der Waals surface area contributed by atoms with Crippen LogP contribution in [0.1, 0.15) is 38.7 Å². The first-order chi connectivity index (χ1) is 8.16. The van der Waals surface area contributed by atoms with Crippen molar-refractivity contribution in [2.75, 3.05) is 0 Å². The van der Waals surface area contributed by atoms with Crippen molar-refractivity contribution < 1.29 is 0 Å². The summed E-state index contributed by atoms with van der Waals surface area (Å²) >= 11 is 5.85. The molecule has 1 aliphatic rings. The quantitative estimate of drug-likeness (QED) is 0.726. The molecule has 1 heterocycles. The van der Waals surface area contributed by atoms with E-state index >= 15 is 0 Å². The Morgan fingerprint density at radius 2 is 1.76 bits per heavy atom. The SMILES string of the molecule is C[C@@H]1CCC[C@@H](C)N1/N=C\c1ccc(Cl)cc1. The third kappa shape index (κ3) is 3.22. The van der Waals surface area contributed by atoms with E-state index in [1.165, 1.54) is 19.3 Å². The summed E-state index contributed by atoms with van der Waals surface area (Å²) in [4.78, 5) is 0. The molecule has 0 aliphatic carbocycles. The second-order valence-corrected chi connectivity index (χ2v) is 5.24. The van der Waals surface area contributed by atoms with Gasteiger partial charge in [-0.15, -0.1) is 0 Å². The summed E-state index contributed by atoms with van der Waals surface area (Å²) in [5.41, 5.74) is 1.10. The molecule has 0 amide bonds. The van der Waals surface area contributed by atoms with E-state index in [1.807, 2.05) is 30.5 Å². The Bertz CT molecular complexity index is 376. The van der Waals surface area contributed by atoms with E-state index < -0.39 is 0 Å². The van der Waals surface area contributed by atoms with Crippen molar-refractivity contribution in [3.63, 3.8) is 0 Å². The fourth-order valence-electron chi connectivity index (χ4n) is 2.32. The molecule has 0 aromatic heterocycles. The van der Waals surface area contributed by atoms with E-state index in [4.69, 9.17) is 11.6 Å². The fraction of sp³-hybridized carbons (Fsp3) is 0.500. The Labute approximate surface area is 108 Å². The van der Waals surface area contributed by atoms with Crippen LogP contribution in [-0.4, -0.2) is 23.3 Å². The van der Waals surface area contributed by atoms with Crippen LogP contribution >= 0.6 is 11.6 Å². The summed E-state index contributed by atoms with van der Waals surface area (Å²) in [7, 11) is 0. The van der Waals surface area contributed by atoms with Crippen molar-refractivity contribution in [2.45, 2.75) is 45.2 Å². The van der Waals surface area contributed by atoms with E-state index in [1.54, 1.807) is 0 Å². The van der Waals surface area contributed by atoms with Gasteiger partial charge in [-0.3, -0.25) is 5.01 Å². The molecule has 0 N–H and O–H groups in total. The molecule has 0 unspecified atom stereocenters. The maximum atomic E-state index is 5.85. The highest BCUT2D eigenvalue weighted by molar-refractivity contribution is 6.30. The molecule has 0 saturated carbocycles. The molecule has 1 fully saturated rings. The zero-order valence-corrected chi connectivity index (χ0v) is 11.2. The molecule has 2 atom stereocenters. The van der Waals surface area contributed by atoms with Crippen LogP contribution in [0, 0.1) is 0 Å². The van der Waals surface area contributed by atoms with E-state index in [9.17, 15) is 0 Å². The fourth-order valence-corrected chi connectivity index (χ4v) is 2.44. The van der Waals surface area contributed by atoms with E-state index in [0.29, 0.717) is 12.1 Å². The van der Waals surface area contributed by atoms with Gasteiger partial charge in [-0.05, 0) is 50.8 Å². The zero-order chi connectivity index (χ0) is 12.3. The highest BCUT2D eigenvalue weighted by Crippen LogP contribution is 2.22. The third-order valence-corrected chi connectivity index (χ3v) is 3.61. The van der Waals surface area contributed by atoms with Crippen LogP contribution in [0.5, 0.6) is 0 Å². The lowest BCUT2D eigenvalue weighted by Crippen LogP contribution is -2.39. The van der Waals surface area contributed by atoms with Gasteiger partial charge in [0.25, 0.3) is 0 Å². The van der Waals surface area contributed by atoms with Crippen LogP contribution in [0.15, 0.2) is 29.4 Å². The summed E-state index contributed by atoms with van der Waals surface area (Å²) in [6.45, 7) is 4.49. The highest BCUT2D eigenvalue weighted by Gasteiger charge is 2.22. The monoisotopic (exact) mass is 250 g/mol. The number of rotatable bonds is 2. The maximum absolute atomic E-state index is 5.85. The van der Waals surface area contributed by atoms with Crippen molar-refractivity contribution in [1.29, 1.82) is 0 Å². The Balaban J connectivity index is 2.06. The molecule has 0 bridgehead atoms. The van der Waals surface area contributed by atoms with Crippen molar-refractivity contribution in [2.24, 2.45) is 5.10 Å². The minimum absolute atomic E-state index is 0.544. The lowest BCUT2D eigenvalue weighted by atomic mass is 10.00. The van der Waals surface area contributed by atoms with Gasteiger partial charge >= 0.3 is 0 Å². The molecule has 2 nitrogen and oxygen atoms in total. The molecule has 1 aromatic carbocycles. The average molecular weight is 251 g/mol. The molecule has 0 radical (unpaired) electrons. The molecule has 2 rings (SSSR count). The van der Waals surface area contributed by atoms with Crippen molar-refractivity contribution in [1.82, 2.24) is 5.01 Å². The molecule has 1 aliphatic heterocycles. The Hall–Kier alpha value is -1.02. The smallest absolute Gasteiger partial charge is 0.0543 e. The van der Waals surface area contributed by atoms with Gasteiger partial charge in [0.15, 0.2) is 0 Å². The molecule has 1 aromatic rings. The molecular formula is C14H19ClN2. The van der Waals surface area contributed by atoms with E-state index in [2.05, 4.69) is 24.0 Å². The van der Waals surface area contributed by atoms with Gasteiger partial charge in [0.2, 0.25) is 0 Å². The van der Waals surface area contributed by atoms with Crippen molar-refractivity contribution in [3.8, 4) is 0 Å². The van der Waals surface area contributed by atoms with Crippen LogP contribution in [0.25, 0.3) is 0 Å². The van der Waals surface area contributed by atoms with Crippen LogP contribution < -0.4 is 0 Å². The number of nitrogens with zero attached hydrogens (tertiary/aromatic N) is 2. The summed E-state index contributed by atoms with van der Waals surface area (Å²) in [5, 5.41) is 7.60. The number of hydrogen-bond acceptors (Lipinski definition) is 2. The van der Waals surface area contributed by atoms with Crippen LogP contribution in [0.2, 0.25) is 5.02 Å². The van der Waals surface area contributed by atoms with Gasteiger partial charge in [0.1, 0.15) is 0 Å². The predicted octanol–water partition coefficient (Wildman–Crippen LogP) is 3.94. The topological polar surface area (TPSA) is 15.6 Å². The minimum Gasteiger partial charge on any atom is -0.292 e. The highest BCUT2D eigenvalue weighted by atomic mass is 35.5. The van der Waals surface area contributed by atoms with Gasteiger partial charge in [-0.2, -0.15) is 5.10 Å². The Kier molecular flexibility index (Phi) is 4.06. The van der Waals surface area contributed by atoms with Gasteiger partial charge in [0.05, 0.1) is 6.21 Å². The zero-order valence-electron chi connectivity index (χ0n) is 10.4. The third-order valence-electron chi connectivity index (χ3n) is 3.36. The summed E-state index contributed by atoms with van der Waals surface area (Å²) < 4.78 is 0. The van der Waals surface area contributed by atoms with Gasteiger partial charge in [0, 0.05) is 17.1 Å². The lowest BCUT2D eigenvalue weighted by molar-refractivity contribution is 0.109. The summed E-state index contributed by atoms with van der Waals surface area (Å²) in [6, 6.07) is 8.86. The van der Waals surface area contributed by atoms with Crippen LogP contribution in [0.4, 0.5) is 0 Å². The largest absolute Gasteiger partial charge is 0.292 e. The van der Waals surface area contributed by atoms with Crippen LogP contribution in [-0.2, 0) is 0 Å². The maximum Gasteiger partial charge on any atom is 0.0543 e. The average Bonchev–Trinajstić information content (AvgIpc) is 2.31. The lowest BCUT2D eigenvalue weighted by Gasteiger charge is -2.36. The molecule has 92 valence electrons. The molecule has 3 heteroatoms. The molecule has 17 heavy (non-hydrogen) atoms. The first kappa shape index (κ1) is 12.4. The second-order valence-electron chi connectivity index (χ2n) is 4.81. The Morgan fingerprint density at radius 1 is 1.18 bits per heavy atom. The second kappa shape index (κ2) is 5.54. The molecule has 1 saturated heterocycles. The first-order valence-corrected chi connectivity index (χ1v) is 6.62. The number of hydrazone groups is 1.